The van der Waals surface area contributed by atoms with Crippen molar-refractivity contribution in [1.82, 2.24) is 25.3 Å². The van der Waals surface area contributed by atoms with E-state index in [4.69, 9.17) is 9.72 Å². The zero-order chi connectivity index (χ0) is 27.1. The largest absolute Gasteiger partial charge is 0.463 e. The van der Waals surface area contributed by atoms with Gasteiger partial charge in [0.2, 0.25) is 0 Å². The third-order valence-electron chi connectivity index (χ3n) is 7.95. The van der Waals surface area contributed by atoms with E-state index in [1.54, 1.807) is 30.7 Å². The maximum absolute atomic E-state index is 16.4. The fourth-order valence-electron chi connectivity index (χ4n) is 5.92. The number of fused-ring (bicyclic) bond motifs is 4. The maximum atomic E-state index is 16.4. The smallest absolute Gasteiger partial charge is 0.319 e. The van der Waals surface area contributed by atoms with E-state index in [1.807, 2.05) is 24.3 Å². The first-order valence-electron chi connectivity index (χ1n) is 13.7. The number of ether oxygens (including phenoxy) is 1. The number of nitrogens with one attached hydrogen (secondary N) is 1. The lowest BCUT2D eigenvalue weighted by molar-refractivity contribution is 0.297. The normalized spacial score (nSPS) is 18.8. The fraction of sp³-hybridized carbons (Fsp3) is 0.290. The molecule has 2 aliphatic heterocycles. The van der Waals surface area contributed by atoms with Crippen LogP contribution in [0.25, 0.3) is 32.9 Å². The van der Waals surface area contributed by atoms with Crippen molar-refractivity contribution in [2.45, 2.75) is 25.3 Å². The van der Waals surface area contributed by atoms with Crippen LogP contribution in [-0.2, 0) is 6.42 Å². The van der Waals surface area contributed by atoms with Crippen LogP contribution in [0.2, 0.25) is 0 Å². The van der Waals surface area contributed by atoms with Crippen molar-refractivity contribution >= 4 is 27.5 Å². The predicted molar refractivity (Wildman–Crippen MR) is 150 cm³/mol. The van der Waals surface area contributed by atoms with Gasteiger partial charge in [-0.1, -0.05) is 30.3 Å². The number of pyridine rings is 2. The van der Waals surface area contributed by atoms with Crippen LogP contribution < -0.4 is 15.0 Å². The zero-order valence-corrected chi connectivity index (χ0v) is 21.9. The maximum Gasteiger partial charge on any atom is 0.319 e. The van der Waals surface area contributed by atoms with Gasteiger partial charge in [-0.15, -0.1) is 0 Å². The van der Waals surface area contributed by atoms with Crippen LogP contribution in [0.3, 0.4) is 0 Å². The van der Waals surface area contributed by atoms with Gasteiger partial charge in [-0.25, -0.2) is 8.78 Å². The number of nitrogens with zero attached hydrogens (tertiary/aromatic N) is 5. The third-order valence-corrected chi connectivity index (χ3v) is 7.95. The summed E-state index contributed by atoms with van der Waals surface area (Å²) in [5, 5.41) is 5.52. The first-order chi connectivity index (χ1) is 19.6. The van der Waals surface area contributed by atoms with Gasteiger partial charge in [0.25, 0.3) is 0 Å². The standard InChI is InChI=1S/C31H28F2N6O/c32-22-7-6-21-4-1-5-24(25(21)14-22)28-27(33)29-26(17-36-28)30(39-11-8-20-13-23(18-39)35-16-20)38-31(37-29)40-12-9-19-3-2-10-34-15-19/h1-7,10,14-15,17,20,23,35H,8-9,11-13,16,18H2. The Labute approximate surface area is 230 Å². The molecular weight excluding hydrogens is 510 g/mol. The molecule has 1 N–H and O–H groups in total. The minimum absolute atomic E-state index is 0.117. The number of aromatic nitrogens is 4. The number of hydrogen-bond acceptors (Lipinski definition) is 7. The van der Waals surface area contributed by atoms with E-state index in [-0.39, 0.29) is 23.0 Å². The van der Waals surface area contributed by atoms with Gasteiger partial charge in [0.05, 0.1) is 12.0 Å². The van der Waals surface area contributed by atoms with Gasteiger partial charge in [-0.05, 0) is 59.8 Å². The van der Waals surface area contributed by atoms with Crippen LogP contribution in [-0.4, -0.2) is 52.2 Å². The van der Waals surface area contributed by atoms with Gasteiger partial charge in [-0.3, -0.25) is 9.97 Å². The van der Waals surface area contributed by atoms with Gasteiger partial charge in [-0.2, -0.15) is 9.97 Å². The summed E-state index contributed by atoms with van der Waals surface area (Å²) in [5.41, 5.74) is 1.79. The second kappa shape index (κ2) is 10.4. The Morgan fingerprint density at radius 3 is 2.88 bits per heavy atom. The molecule has 2 bridgehead atoms. The first kappa shape index (κ1) is 24.8. The SMILES string of the molecule is Fc1ccc2cccc(-c3ncc4c(N5CCC6CNC(C6)C5)nc(OCCc5cccnc5)nc4c3F)c2c1. The van der Waals surface area contributed by atoms with E-state index in [2.05, 4.69) is 25.2 Å². The van der Waals surface area contributed by atoms with E-state index in [1.165, 1.54) is 12.1 Å². The molecule has 0 radical (unpaired) electrons. The van der Waals surface area contributed by atoms with Crippen LogP contribution in [0.15, 0.2) is 67.1 Å². The molecule has 5 aromatic rings. The summed E-state index contributed by atoms with van der Waals surface area (Å²) < 4.78 is 36.6. The van der Waals surface area contributed by atoms with Crippen LogP contribution >= 0.6 is 0 Å². The molecule has 0 spiro atoms. The summed E-state index contributed by atoms with van der Waals surface area (Å²) in [7, 11) is 0. The molecule has 2 unspecified atom stereocenters. The summed E-state index contributed by atoms with van der Waals surface area (Å²) in [5.74, 6) is 0.285. The second-order valence-corrected chi connectivity index (χ2v) is 10.6. The van der Waals surface area contributed by atoms with E-state index in [0.29, 0.717) is 47.1 Å². The van der Waals surface area contributed by atoms with E-state index < -0.39 is 5.82 Å². The molecule has 2 fully saturated rings. The average Bonchev–Trinajstić information content (AvgIpc) is 3.32. The Morgan fingerprint density at radius 1 is 1.02 bits per heavy atom. The molecule has 2 aliphatic rings. The zero-order valence-electron chi connectivity index (χ0n) is 21.9. The Balaban J connectivity index is 1.32. The highest BCUT2D eigenvalue weighted by Crippen LogP contribution is 2.36. The second-order valence-electron chi connectivity index (χ2n) is 10.6. The van der Waals surface area contributed by atoms with Crippen molar-refractivity contribution in [3.8, 4) is 17.3 Å². The summed E-state index contributed by atoms with van der Waals surface area (Å²) in [4.78, 5) is 20.2. The number of benzene rings is 2. The van der Waals surface area contributed by atoms with Gasteiger partial charge in [0, 0.05) is 49.7 Å². The molecule has 40 heavy (non-hydrogen) atoms. The molecule has 0 aliphatic carbocycles. The van der Waals surface area contributed by atoms with Gasteiger partial charge >= 0.3 is 6.01 Å². The molecule has 9 heteroatoms. The molecule has 0 saturated carbocycles. The van der Waals surface area contributed by atoms with Crippen LogP contribution in [0, 0.1) is 17.6 Å². The van der Waals surface area contributed by atoms with Crippen LogP contribution in [0.4, 0.5) is 14.6 Å². The minimum Gasteiger partial charge on any atom is -0.463 e. The lowest BCUT2D eigenvalue weighted by Crippen LogP contribution is -2.39. The van der Waals surface area contributed by atoms with Crippen molar-refractivity contribution < 1.29 is 13.5 Å². The highest BCUT2D eigenvalue weighted by Gasteiger charge is 2.31. The van der Waals surface area contributed by atoms with E-state index in [0.717, 1.165) is 43.4 Å². The van der Waals surface area contributed by atoms with Crippen molar-refractivity contribution in [2.24, 2.45) is 5.92 Å². The number of rotatable bonds is 6. The fourth-order valence-corrected chi connectivity index (χ4v) is 5.92. The Kier molecular flexibility index (Phi) is 6.43. The van der Waals surface area contributed by atoms with Crippen molar-refractivity contribution in [1.29, 1.82) is 0 Å². The molecule has 2 atom stereocenters. The summed E-state index contributed by atoms with van der Waals surface area (Å²) in [6, 6.07) is 14.3. The van der Waals surface area contributed by atoms with Crippen LogP contribution in [0.5, 0.6) is 6.01 Å². The molecule has 0 amide bonds. The topological polar surface area (TPSA) is 76.1 Å². The molecule has 7 nitrogen and oxygen atoms in total. The van der Waals surface area contributed by atoms with Gasteiger partial charge in [0.1, 0.15) is 22.8 Å². The summed E-state index contributed by atoms with van der Waals surface area (Å²) >= 11 is 0. The highest BCUT2D eigenvalue weighted by atomic mass is 19.1. The molecule has 202 valence electrons. The quantitative estimate of drug-likeness (QED) is 0.313. The van der Waals surface area contributed by atoms with Crippen molar-refractivity contribution in [3.63, 3.8) is 0 Å². The molecule has 2 aromatic carbocycles. The van der Waals surface area contributed by atoms with E-state index in [9.17, 15) is 4.39 Å². The molecule has 3 aromatic heterocycles. The minimum atomic E-state index is -0.579. The van der Waals surface area contributed by atoms with E-state index >= 15 is 4.39 Å². The highest BCUT2D eigenvalue weighted by molar-refractivity contribution is 5.99. The summed E-state index contributed by atoms with van der Waals surface area (Å²) in [6.45, 7) is 2.95. The van der Waals surface area contributed by atoms with Gasteiger partial charge in [0.15, 0.2) is 5.82 Å². The predicted octanol–water partition coefficient (Wildman–Crippen LogP) is 5.33. The van der Waals surface area contributed by atoms with Gasteiger partial charge < -0.3 is 15.0 Å². The molecule has 2 saturated heterocycles. The average molecular weight is 539 g/mol. The lowest BCUT2D eigenvalue weighted by Gasteiger charge is -2.27. The third kappa shape index (κ3) is 4.70. The Morgan fingerprint density at radius 2 is 1.98 bits per heavy atom. The number of hydrogen-bond donors (Lipinski definition) is 1. The first-order valence-corrected chi connectivity index (χ1v) is 13.7. The number of anilines is 1. The number of halogens is 2. The molecule has 5 heterocycles. The molecular formula is C31H28F2N6O. The lowest BCUT2D eigenvalue weighted by atomic mass is 10.0. The molecule has 7 rings (SSSR count). The van der Waals surface area contributed by atoms with Crippen LogP contribution in [0.1, 0.15) is 18.4 Å². The van der Waals surface area contributed by atoms with Crippen molar-refractivity contribution in [2.75, 3.05) is 31.1 Å². The Hall–Kier alpha value is -4.24. The Bertz CT molecular complexity index is 1700. The summed E-state index contributed by atoms with van der Waals surface area (Å²) in [6.07, 6.45) is 7.93. The van der Waals surface area contributed by atoms with Crippen molar-refractivity contribution in [3.05, 3.63) is 84.3 Å². The monoisotopic (exact) mass is 538 g/mol.